The molecule has 1 N–H and O–H groups in total. The standard InChI is InChI=1S/C26H20Br2N4O3S/c1-34-17-9-7-15(8-10-17)20-14-36-26(30-20)29-13-23-31-24-18(11-16(27)12-19(24)28)25(33)32(23)21-5-3-4-6-22(21)35-2/h3-12,14H,13H2,1-2H3,(H,29,30). The van der Waals surface area contributed by atoms with Gasteiger partial charge in [0.2, 0.25) is 0 Å². The summed E-state index contributed by atoms with van der Waals surface area (Å²) >= 11 is 8.52. The third kappa shape index (κ3) is 4.76. The molecule has 0 spiro atoms. The van der Waals surface area contributed by atoms with Crippen LogP contribution in [0.15, 0.2) is 79.8 Å². The third-order valence-corrected chi connectivity index (χ3v) is 7.44. The molecule has 0 saturated heterocycles. The second kappa shape index (κ2) is 10.4. The lowest BCUT2D eigenvalue weighted by molar-refractivity contribution is 0.412. The van der Waals surface area contributed by atoms with Gasteiger partial charge in [0.15, 0.2) is 5.13 Å². The Hall–Kier alpha value is -3.21. The lowest BCUT2D eigenvalue weighted by atomic mass is 10.2. The van der Waals surface area contributed by atoms with Crippen LogP contribution in [0.2, 0.25) is 0 Å². The van der Waals surface area contributed by atoms with Gasteiger partial charge in [0.1, 0.15) is 17.3 Å². The average molecular weight is 628 g/mol. The summed E-state index contributed by atoms with van der Waals surface area (Å²) in [5.41, 5.74) is 2.85. The van der Waals surface area contributed by atoms with Gasteiger partial charge in [-0.1, -0.05) is 28.1 Å². The van der Waals surface area contributed by atoms with Crippen molar-refractivity contribution in [3.05, 3.63) is 91.2 Å². The van der Waals surface area contributed by atoms with Crippen LogP contribution in [0.4, 0.5) is 5.13 Å². The van der Waals surface area contributed by atoms with Gasteiger partial charge in [-0.25, -0.2) is 9.97 Å². The number of para-hydroxylation sites is 2. The molecule has 0 saturated carbocycles. The van der Waals surface area contributed by atoms with Gasteiger partial charge in [-0.15, -0.1) is 11.3 Å². The Morgan fingerprint density at radius 3 is 2.53 bits per heavy atom. The molecule has 0 unspecified atom stereocenters. The largest absolute Gasteiger partial charge is 0.497 e. The molecular formula is C26H20Br2N4O3S. The first-order valence-electron chi connectivity index (χ1n) is 10.9. The molecule has 7 nitrogen and oxygen atoms in total. The molecule has 0 bridgehead atoms. The molecule has 10 heteroatoms. The molecule has 0 aliphatic rings. The number of hydrogen-bond acceptors (Lipinski definition) is 7. The van der Waals surface area contributed by atoms with Gasteiger partial charge in [-0.3, -0.25) is 9.36 Å². The van der Waals surface area contributed by atoms with Crippen molar-refractivity contribution in [2.45, 2.75) is 6.54 Å². The van der Waals surface area contributed by atoms with Crippen molar-refractivity contribution in [1.82, 2.24) is 14.5 Å². The number of halogens is 2. The Bertz CT molecular complexity index is 1620. The first-order chi connectivity index (χ1) is 17.5. The number of hydrogen-bond donors (Lipinski definition) is 1. The summed E-state index contributed by atoms with van der Waals surface area (Å²) in [6.45, 7) is 0.279. The van der Waals surface area contributed by atoms with Crippen molar-refractivity contribution >= 4 is 59.2 Å². The minimum Gasteiger partial charge on any atom is -0.497 e. The lowest BCUT2D eigenvalue weighted by Gasteiger charge is -2.17. The summed E-state index contributed by atoms with van der Waals surface area (Å²) in [4.78, 5) is 23.3. The number of fused-ring (bicyclic) bond motifs is 1. The Labute approximate surface area is 228 Å². The van der Waals surface area contributed by atoms with E-state index >= 15 is 0 Å². The summed E-state index contributed by atoms with van der Waals surface area (Å²) in [5.74, 6) is 1.90. The molecule has 0 aliphatic heterocycles. The van der Waals surface area contributed by atoms with Gasteiger partial charge in [-0.05, 0) is 64.5 Å². The predicted octanol–water partition coefficient (Wildman–Crippen LogP) is 6.66. The highest BCUT2D eigenvalue weighted by Gasteiger charge is 2.18. The van der Waals surface area contributed by atoms with E-state index in [1.165, 1.54) is 11.3 Å². The zero-order chi connectivity index (χ0) is 25.2. The molecule has 0 amide bonds. The summed E-state index contributed by atoms with van der Waals surface area (Å²) in [7, 11) is 3.22. The smallest absolute Gasteiger partial charge is 0.266 e. The molecule has 2 heterocycles. The third-order valence-electron chi connectivity index (χ3n) is 5.57. The fraction of sp³-hybridized carbons (Fsp3) is 0.115. The molecule has 5 aromatic rings. The highest BCUT2D eigenvalue weighted by atomic mass is 79.9. The number of benzene rings is 3. The topological polar surface area (TPSA) is 78.3 Å². The Balaban J connectivity index is 1.55. The molecule has 5 rings (SSSR count). The maximum atomic E-state index is 13.7. The van der Waals surface area contributed by atoms with Gasteiger partial charge in [0, 0.05) is 19.9 Å². The van der Waals surface area contributed by atoms with E-state index in [4.69, 9.17) is 19.4 Å². The fourth-order valence-corrected chi connectivity index (χ4v) is 5.88. The molecule has 182 valence electrons. The van der Waals surface area contributed by atoms with Crippen LogP contribution in [0, 0.1) is 0 Å². The van der Waals surface area contributed by atoms with Crippen molar-refractivity contribution in [2.75, 3.05) is 19.5 Å². The van der Waals surface area contributed by atoms with Gasteiger partial charge < -0.3 is 14.8 Å². The number of thiazole rings is 1. The minimum absolute atomic E-state index is 0.193. The zero-order valence-corrected chi connectivity index (χ0v) is 23.3. The van der Waals surface area contributed by atoms with E-state index in [9.17, 15) is 4.79 Å². The van der Waals surface area contributed by atoms with Crippen LogP contribution in [-0.2, 0) is 6.54 Å². The summed E-state index contributed by atoms with van der Waals surface area (Å²) in [6, 6.07) is 18.8. The molecule has 0 radical (unpaired) electrons. The number of ether oxygens (including phenoxy) is 2. The maximum Gasteiger partial charge on any atom is 0.266 e. The number of nitrogens with zero attached hydrogens (tertiary/aromatic N) is 3. The molecule has 3 aromatic carbocycles. The summed E-state index contributed by atoms with van der Waals surface area (Å²) in [5, 5.41) is 6.53. The van der Waals surface area contributed by atoms with E-state index < -0.39 is 0 Å². The SMILES string of the molecule is COc1ccc(-c2csc(NCc3nc4c(Br)cc(Br)cc4c(=O)n3-c3ccccc3OC)n2)cc1. The van der Waals surface area contributed by atoms with Crippen LogP contribution in [0.25, 0.3) is 27.8 Å². The van der Waals surface area contributed by atoms with E-state index in [0.29, 0.717) is 28.2 Å². The molecular weight excluding hydrogens is 608 g/mol. The number of anilines is 1. The van der Waals surface area contributed by atoms with E-state index in [1.54, 1.807) is 24.9 Å². The summed E-state index contributed by atoms with van der Waals surface area (Å²) in [6.07, 6.45) is 0. The second-order valence-corrected chi connectivity index (χ2v) is 10.4. The van der Waals surface area contributed by atoms with E-state index in [1.807, 2.05) is 60.0 Å². The van der Waals surface area contributed by atoms with Crippen molar-refractivity contribution in [2.24, 2.45) is 0 Å². The van der Waals surface area contributed by atoms with Crippen LogP contribution in [-0.4, -0.2) is 28.8 Å². The molecule has 0 atom stereocenters. The normalized spacial score (nSPS) is 11.0. The van der Waals surface area contributed by atoms with Crippen LogP contribution in [0.5, 0.6) is 11.5 Å². The molecule has 36 heavy (non-hydrogen) atoms. The Morgan fingerprint density at radius 1 is 1.00 bits per heavy atom. The van der Waals surface area contributed by atoms with Gasteiger partial charge in [0.25, 0.3) is 5.56 Å². The predicted molar refractivity (Wildman–Crippen MR) is 151 cm³/mol. The first kappa shape index (κ1) is 24.5. The number of rotatable bonds is 7. The second-order valence-electron chi connectivity index (χ2n) is 7.74. The highest BCUT2D eigenvalue weighted by molar-refractivity contribution is 9.11. The summed E-state index contributed by atoms with van der Waals surface area (Å²) < 4.78 is 13.9. The van der Waals surface area contributed by atoms with Crippen molar-refractivity contribution < 1.29 is 9.47 Å². The number of aromatic nitrogens is 3. The van der Waals surface area contributed by atoms with Crippen LogP contribution < -0.4 is 20.3 Å². The molecule has 0 aliphatic carbocycles. The Kier molecular flexibility index (Phi) is 7.08. The minimum atomic E-state index is -0.193. The van der Waals surface area contributed by atoms with Gasteiger partial charge in [0.05, 0.1) is 43.0 Å². The number of methoxy groups -OCH3 is 2. The highest BCUT2D eigenvalue weighted by Crippen LogP contribution is 2.30. The Morgan fingerprint density at radius 2 is 1.78 bits per heavy atom. The lowest BCUT2D eigenvalue weighted by Crippen LogP contribution is -2.26. The number of nitrogens with one attached hydrogen (secondary N) is 1. The maximum absolute atomic E-state index is 13.7. The van der Waals surface area contributed by atoms with Crippen molar-refractivity contribution in [1.29, 1.82) is 0 Å². The molecule has 0 fully saturated rings. The van der Waals surface area contributed by atoms with Crippen LogP contribution >= 0.6 is 43.2 Å². The van der Waals surface area contributed by atoms with Crippen LogP contribution in [0.3, 0.4) is 0 Å². The van der Waals surface area contributed by atoms with Gasteiger partial charge in [-0.2, -0.15) is 0 Å². The average Bonchev–Trinajstić information content (AvgIpc) is 3.37. The first-order valence-corrected chi connectivity index (χ1v) is 13.3. The van der Waals surface area contributed by atoms with Crippen molar-refractivity contribution in [3.8, 4) is 28.4 Å². The van der Waals surface area contributed by atoms with Gasteiger partial charge >= 0.3 is 0 Å². The quantitative estimate of drug-likeness (QED) is 0.217. The fourth-order valence-electron chi connectivity index (χ4n) is 3.84. The molecule has 2 aromatic heterocycles. The zero-order valence-electron chi connectivity index (χ0n) is 19.3. The van der Waals surface area contributed by atoms with E-state index in [0.717, 1.165) is 31.1 Å². The van der Waals surface area contributed by atoms with Crippen LogP contribution in [0.1, 0.15) is 5.82 Å². The monoisotopic (exact) mass is 626 g/mol. The van der Waals surface area contributed by atoms with Crippen molar-refractivity contribution in [3.63, 3.8) is 0 Å². The van der Waals surface area contributed by atoms with E-state index in [2.05, 4.69) is 37.2 Å². The van der Waals surface area contributed by atoms with E-state index in [-0.39, 0.29) is 12.1 Å².